The molecule has 0 amide bonds. The second-order valence-corrected chi connectivity index (χ2v) is 6.14. The van der Waals surface area contributed by atoms with Crippen molar-refractivity contribution < 1.29 is 4.39 Å². The van der Waals surface area contributed by atoms with Crippen LogP contribution in [0.5, 0.6) is 0 Å². The number of nitrogens with zero attached hydrogens (tertiary/aromatic N) is 1. The average molecular weight is 376 g/mol. The normalized spacial score (nSPS) is 20.3. The lowest BCUT2D eigenvalue weighted by atomic mass is 9.99. The van der Waals surface area contributed by atoms with E-state index in [-0.39, 0.29) is 41.7 Å². The van der Waals surface area contributed by atoms with Crippen molar-refractivity contribution >= 4 is 48.0 Å². The van der Waals surface area contributed by atoms with Gasteiger partial charge in [0.25, 0.3) is 0 Å². The first-order valence-corrected chi connectivity index (χ1v) is 7.52. The summed E-state index contributed by atoms with van der Waals surface area (Å²) in [5.74, 6) is 0.174. The third-order valence-corrected chi connectivity index (χ3v) is 4.61. The van der Waals surface area contributed by atoms with Gasteiger partial charge in [0.2, 0.25) is 0 Å². The Balaban J connectivity index is 0.00000110. The summed E-state index contributed by atoms with van der Waals surface area (Å²) < 4.78 is 14.4. The summed E-state index contributed by atoms with van der Waals surface area (Å²) in [5, 5.41) is 3.99. The molecule has 1 atom stereocenters. The van der Waals surface area contributed by atoms with E-state index < -0.39 is 0 Å². The van der Waals surface area contributed by atoms with Crippen molar-refractivity contribution in [1.29, 1.82) is 0 Å². The van der Waals surface area contributed by atoms with E-state index in [4.69, 9.17) is 23.2 Å². The molecule has 0 radical (unpaired) electrons. The van der Waals surface area contributed by atoms with Gasteiger partial charge in [0, 0.05) is 42.8 Å². The van der Waals surface area contributed by atoms with Gasteiger partial charge < -0.3 is 5.32 Å². The molecule has 7 heteroatoms. The number of rotatable bonds is 3. The van der Waals surface area contributed by atoms with Crippen LogP contribution >= 0.6 is 48.0 Å². The van der Waals surface area contributed by atoms with Crippen LogP contribution in [0.1, 0.15) is 24.4 Å². The topological polar surface area (TPSA) is 15.3 Å². The average Bonchev–Trinajstić information content (AvgIpc) is 3.24. The molecule has 1 aromatic carbocycles. The van der Waals surface area contributed by atoms with Crippen molar-refractivity contribution in [3.05, 3.63) is 33.6 Å². The summed E-state index contributed by atoms with van der Waals surface area (Å²) in [7, 11) is 0. The first kappa shape index (κ1) is 19.3. The highest BCUT2D eigenvalue weighted by atomic mass is 35.5. The van der Waals surface area contributed by atoms with Gasteiger partial charge in [-0.2, -0.15) is 0 Å². The third kappa shape index (κ3) is 4.15. The number of piperazine rings is 1. The van der Waals surface area contributed by atoms with Crippen molar-refractivity contribution in [2.75, 3.05) is 26.2 Å². The van der Waals surface area contributed by atoms with Gasteiger partial charge in [-0.1, -0.05) is 23.2 Å². The minimum Gasteiger partial charge on any atom is -0.314 e. The Morgan fingerprint density at radius 2 is 1.67 bits per heavy atom. The van der Waals surface area contributed by atoms with E-state index >= 15 is 0 Å². The summed E-state index contributed by atoms with van der Waals surface area (Å²) in [6.07, 6.45) is 2.30. The molecule has 0 spiro atoms. The SMILES string of the molecule is Cl.Cl.Fc1c(Cl)ccc(Cl)c1[C@H](C1CC1)N1CCNCC1. The lowest BCUT2D eigenvalue weighted by Gasteiger charge is -2.36. The van der Waals surface area contributed by atoms with E-state index in [1.54, 1.807) is 6.07 Å². The van der Waals surface area contributed by atoms with Crippen LogP contribution in [0.25, 0.3) is 0 Å². The molecule has 1 aliphatic carbocycles. The molecule has 1 aliphatic heterocycles. The van der Waals surface area contributed by atoms with Crippen molar-refractivity contribution in [2.24, 2.45) is 5.92 Å². The Bertz CT molecular complexity index is 476. The molecule has 1 aromatic rings. The van der Waals surface area contributed by atoms with Gasteiger partial charge in [0.05, 0.1) is 5.02 Å². The Hall–Kier alpha value is 0.230. The number of nitrogens with one attached hydrogen (secondary N) is 1. The fraction of sp³-hybridized carbons (Fsp3) is 0.571. The van der Waals surface area contributed by atoms with Crippen LogP contribution in [0.15, 0.2) is 12.1 Å². The third-order valence-electron chi connectivity index (χ3n) is 3.99. The van der Waals surface area contributed by atoms with E-state index in [1.165, 1.54) is 6.07 Å². The molecule has 21 heavy (non-hydrogen) atoms. The molecule has 0 aromatic heterocycles. The molecule has 1 saturated carbocycles. The Kier molecular flexibility index (Phi) is 7.51. The summed E-state index contributed by atoms with van der Waals surface area (Å²) in [4.78, 5) is 2.34. The molecule has 2 aliphatic rings. The molecule has 120 valence electrons. The van der Waals surface area contributed by atoms with Gasteiger partial charge in [0.15, 0.2) is 0 Å². The fourth-order valence-electron chi connectivity index (χ4n) is 2.90. The number of benzene rings is 1. The quantitative estimate of drug-likeness (QED) is 0.791. The molecule has 1 saturated heterocycles. The van der Waals surface area contributed by atoms with Crippen LogP contribution in [0.2, 0.25) is 10.0 Å². The van der Waals surface area contributed by atoms with E-state index in [1.807, 2.05) is 0 Å². The monoisotopic (exact) mass is 374 g/mol. The van der Waals surface area contributed by atoms with Gasteiger partial charge in [-0.05, 0) is 30.9 Å². The van der Waals surface area contributed by atoms with Crippen LogP contribution in [0.3, 0.4) is 0 Å². The van der Waals surface area contributed by atoms with Crippen LogP contribution in [0, 0.1) is 11.7 Å². The zero-order valence-corrected chi connectivity index (χ0v) is 14.6. The molecule has 3 rings (SSSR count). The predicted octanol–water partition coefficient (Wildman–Crippen LogP) is 4.33. The number of hydrogen-bond acceptors (Lipinski definition) is 2. The van der Waals surface area contributed by atoms with Crippen LogP contribution in [-0.4, -0.2) is 31.1 Å². The highest BCUT2D eigenvalue weighted by molar-refractivity contribution is 6.33. The molecule has 2 nitrogen and oxygen atoms in total. The van der Waals surface area contributed by atoms with E-state index in [0.717, 1.165) is 39.0 Å². The fourth-order valence-corrected chi connectivity index (χ4v) is 3.33. The van der Waals surface area contributed by atoms with Gasteiger partial charge >= 0.3 is 0 Å². The molecule has 1 heterocycles. The lowest BCUT2D eigenvalue weighted by molar-refractivity contribution is 0.153. The van der Waals surface area contributed by atoms with E-state index in [9.17, 15) is 4.39 Å². The highest BCUT2D eigenvalue weighted by Crippen LogP contribution is 2.47. The van der Waals surface area contributed by atoms with Gasteiger partial charge in [-0.3, -0.25) is 4.90 Å². The number of halogens is 5. The van der Waals surface area contributed by atoms with Crippen LogP contribution < -0.4 is 5.32 Å². The summed E-state index contributed by atoms with van der Waals surface area (Å²) in [6, 6.07) is 3.32. The molecule has 2 fully saturated rings. The maximum Gasteiger partial charge on any atom is 0.148 e. The van der Waals surface area contributed by atoms with Gasteiger partial charge in [0.1, 0.15) is 5.82 Å². The molecule has 1 N–H and O–H groups in total. The van der Waals surface area contributed by atoms with E-state index in [0.29, 0.717) is 16.5 Å². The van der Waals surface area contributed by atoms with Crippen molar-refractivity contribution in [1.82, 2.24) is 10.2 Å². The zero-order chi connectivity index (χ0) is 13.4. The lowest BCUT2D eigenvalue weighted by Crippen LogP contribution is -2.46. The van der Waals surface area contributed by atoms with Crippen molar-refractivity contribution in [2.45, 2.75) is 18.9 Å². The summed E-state index contributed by atoms with van der Waals surface area (Å²) in [6.45, 7) is 3.76. The molecule has 0 unspecified atom stereocenters. The van der Waals surface area contributed by atoms with Crippen molar-refractivity contribution in [3.63, 3.8) is 0 Å². The first-order valence-electron chi connectivity index (χ1n) is 6.76. The second-order valence-electron chi connectivity index (χ2n) is 5.33. The highest BCUT2D eigenvalue weighted by Gasteiger charge is 2.39. The maximum absolute atomic E-state index is 14.4. The van der Waals surface area contributed by atoms with Gasteiger partial charge in [-0.25, -0.2) is 4.39 Å². The molecule has 0 bridgehead atoms. The van der Waals surface area contributed by atoms with Crippen molar-refractivity contribution in [3.8, 4) is 0 Å². The van der Waals surface area contributed by atoms with Gasteiger partial charge in [-0.15, -0.1) is 24.8 Å². The molecular weight excluding hydrogens is 357 g/mol. The van der Waals surface area contributed by atoms with E-state index in [2.05, 4.69) is 10.2 Å². The minimum absolute atomic E-state index is 0. The largest absolute Gasteiger partial charge is 0.314 e. The Morgan fingerprint density at radius 1 is 1.10 bits per heavy atom. The summed E-state index contributed by atoms with van der Waals surface area (Å²) >= 11 is 12.2. The zero-order valence-electron chi connectivity index (χ0n) is 11.4. The summed E-state index contributed by atoms with van der Waals surface area (Å²) in [5.41, 5.74) is 0.596. The predicted molar refractivity (Wildman–Crippen MR) is 90.8 cm³/mol. The Morgan fingerprint density at radius 3 is 2.24 bits per heavy atom. The first-order chi connectivity index (χ1) is 9.18. The molecular formula is C14H19Cl4FN2. The smallest absolute Gasteiger partial charge is 0.148 e. The Labute approximate surface area is 147 Å². The second kappa shape index (κ2) is 8.19. The number of hydrogen-bond donors (Lipinski definition) is 1. The van der Waals surface area contributed by atoms with Crippen LogP contribution in [-0.2, 0) is 0 Å². The maximum atomic E-state index is 14.4. The minimum atomic E-state index is -0.343. The standard InChI is InChI=1S/C14H17Cl2FN2.2ClH/c15-10-3-4-11(16)13(17)12(10)14(9-1-2-9)19-7-5-18-6-8-19;;/h3-4,9,14,18H,1-2,5-8H2;2*1H/t14-;;/m0../s1. The van der Waals surface area contributed by atoms with Crippen LogP contribution in [0.4, 0.5) is 4.39 Å².